The molecule has 2 N–H and O–H groups in total. The van der Waals surface area contributed by atoms with E-state index in [0.717, 1.165) is 19.3 Å². The van der Waals surface area contributed by atoms with Gasteiger partial charge in [0.2, 0.25) is 11.8 Å². The second-order valence-electron chi connectivity index (χ2n) is 4.78. The minimum absolute atomic E-state index is 0.0522. The first-order valence-electron chi connectivity index (χ1n) is 6.58. The minimum atomic E-state index is -0.536. The van der Waals surface area contributed by atoms with Crippen molar-refractivity contribution >= 4 is 11.8 Å². The molecule has 0 aromatic carbocycles. The fraction of sp³-hybridized carbons (Fsp3) is 0.692. The Kier molecular flexibility index (Phi) is 4.75. The van der Waals surface area contributed by atoms with E-state index in [4.69, 9.17) is 4.74 Å². The number of carbonyl (C=O) groups excluding carboxylic acids is 2. The molecule has 5 nitrogen and oxygen atoms in total. The highest BCUT2D eigenvalue weighted by Gasteiger charge is 2.24. The highest BCUT2D eigenvalue weighted by Crippen LogP contribution is 2.19. The summed E-state index contributed by atoms with van der Waals surface area (Å²) >= 11 is 0. The number of amides is 2. The Bertz CT molecular complexity index is 352. The fourth-order valence-electron chi connectivity index (χ4n) is 2.29. The van der Waals surface area contributed by atoms with Gasteiger partial charge in [-0.2, -0.15) is 0 Å². The number of nitrogens with one attached hydrogen (secondary N) is 2. The van der Waals surface area contributed by atoms with Gasteiger partial charge < -0.3 is 15.4 Å². The molecule has 2 rings (SSSR count). The number of allylic oxidation sites excluding steroid dienone is 1. The van der Waals surface area contributed by atoms with E-state index in [1.807, 2.05) is 0 Å². The van der Waals surface area contributed by atoms with Crippen LogP contribution in [0.25, 0.3) is 0 Å². The second kappa shape index (κ2) is 6.54. The smallest absolute Gasteiger partial charge is 0.246 e. The average Bonchev–Trinajstić information content (AvgIpc) is 2.40. The molecule has 1 aliphatic carbocycles. The van der Waals surface area contributed by atoms with Crippen LogP contribution in [0.5, 0.6) is 0 Å². The SMILES string of the molecule is O=C1COCC(C(=O)NCCC2=CCCCC2)N1. The van der Waals surface area contributed by atoms with Crippen LogP contribution < -0.4 is 10.6 Å². The van der Waals surface area contributed by atoms with E-state index in [1.165, 1.54) is 18.4 Å². The van der Waals surface area contributed by atoms with Crippen LogP contribution in [-0.4, -0.2) is 37.6 Å². The Morgan fingerprint density at radius 3 is 3.11 bits per heavy atom. The van der Waals surface area contributed by atoms with E-state index in [9.17, 15) is 9.59 Å². The van der Waals surface area contributed by atoms with Crippen molar-refractivity contribution < 1.29 is 14.3 Å². The van der Waals surface area contributed by atoms with E-state index in [-0.39, 0.29) is 25.0 Å². The van der Waals surface area contributed by atoms with Crippen LogP contribution in [-0.2, 0) is 14.3 Å². The lowest BCUT2D eigenvalue weighted by molar-refractivity contribution is -0.138. The quantitative estimate of drug-likeness (QED) is 0.716. The number of hydrogen-bond donors (Lipinski definition) is 2. The van der Waals surface area contributed by atoms with E-state index >= 15 is 0 Å². The predicted octanol–water partition coefficient (Wildman–Crippen LogP) is 0.508. The Morgan fingerprint density at radius 1 is 1.50 bits per heavy atom. The molecule has 100 valence electrons. The van der Waals surface area contributed by atoms with Crippen molar-refractivity contribution in [1.29, 1.82) is 0 Å². The molecule has 0 aromatic heterocycles. The van der Waals surface area contributed by atoms with Gasteiger partial charge in [0.1, 0.15) is 12.6 Å². The lowest BCUT2D eigenvalue weighted by Gasteiger charge is -2.22. The zero-order chi connectivity index (χ0) is 12.8. The molecule has 0 saturated carbocycles. The molecule has 1 unspecified atom stereocenters. The molecular formula is C13H20N2O3. The van der Waals surface area contributed by atoms with E-state index in [0.29, 0.717) is 6.54 Å². The van der Waals surface area contributed by atoms with Gasteiger partial charge in [0.05, 0.1) is 6.61 Å². The summed E-state index contributed by atoms with van der Waals surface area (Å²) in [5, 5.41) is 5.46. The second-order valence-corrected chi connectivity index (χ2v) is 4.78. The van der Waals surface area contributed by atoms with Crippen molar-refractivity contribution in [1.82, 2.24) is 10.6 Å². The monoisotopic (exact) mass is 252 g/mol. The van der Waals surface area contributed by atoms with Crippen molar-refractivity contribution in [2.24, 2.45) is 0 Å². The third-order valence-electron chi connectivity index (χ3n) is 3.30. The van der Waals surface area contributed by atoms with Gasteiger partial charge in [0.25, 0.3) is 0 Å². The summed E-state index contributed by atoms with van der Waals surface area (Å²) in [6, 6.07) is -0.536. The number of hydrogen-bond acceptors (Lipinski definition) is 3. The number of rotatable bonds is 4. The molecule has 2 amide bonds. The van der Waals surface area contributed by atoms with Gasteiger partial charge in [-0.15, -0.1) is 0 Å². The highest BCUT2D eigenvalue weighted by atomic mass is 16.5. The third kappa shape index (κ3) is 3.84. The Balaban J connectivity index is 1.68. The van der Waals surface area contributed by atoms with Crippen LogP contribution >= 0.6 is 0 Å². The molecule has 0 bridgehead atoms. The van der Waals surface area contributed by atoms with Gasteiger partial charge >= 0.3 is 0 Å². The van der Waals surface area contributed by atoms with E-state index in [1.54, 1.807) is 0 Å². The minimum Gasteiger partial charge on any atom is -0.369 e. The number of morpholine rings is 1. The molecule has 1 heterocycles. The zero-order valence-corrected chi connectivity index (χ0v) is 10.5. The van der Waals surface area contributed by atoms with Gasteiger partial charge in [-0.3, -0.25) is 9.59 Å². The lowest BCUT2D eigenvalue weighted by atomic mass is 9.97. The maximum atomic E-state index is 11.8. The zero-order valence-electron chi connectivity index (χ0n) is 10.5. The third-order valence-corrected chi connectivity index (χ3v) is 3.30. The Morgan fingerprint density at radius 2 is 2.39 bits per heavy atom. The molecular weight excluding hydrogens is 232 g/mol. The Labute approximate surface area is 107 Å². The summed E-state index contributed by atoms with van der Waals surface area (Å²) in [6.07, 6.45) is 8.04. The summed E-state index contributed by atoms with van der Waals surface area (Å²) in [5.74, 6) is -0.379. The maximum Gasteiger partial charge on any atom is 0.246 e. The normalized spacial score (nSPS) is 24.1. The molecule has 1 aliphatic heterocycles. The van der Waals surface area contributed by atoms with Gasteiger partial charge in [-0.05, 0) is 32.1 Å². The van der Waals surface area contributed by atoms with Crippen molar-refractivity contribution in [3.63, 3.8) is 0 Å². The number of carbonyl (C=O) groups is 2. The van der Waals surface area contributed by atoms with Crippen LogP contribution in [0, 0.1) is 0 Å². The van der Waals surface area contributed by atoms with Crippen molar-refractivity contribution in [2.75, 3.05) is 19.8 Å². The summed E-state index contributed by atoms with van der Waals surface area (Å²) in [7, 11) is 0. The molecule has 0 aromatic rings. The molecule has 0 radical (unpaired) electrons. The summed E-state index contributed by atoms with van der Waals surface area (Å²) in [6.45, 7) is 0.952. The average molecular weight is 252 g/mol. The van der Waals surface area contributed by atoms with E-state index in [2.05, 4.69) is 16.7 Å². The van der Waals surface area contributed by atoms with Crippen molar-refractivity contribution in [3.05, 3.63) is 11.6 Å². The molecule has 18 heavy (non-hydrogen) atoms. The first-order valence-corrected chi connectivity index (χ1v) is 6.58. The first-order chi connectivity index (χ1) is 8.75. The predicted molar refractivity (Wildman–Crippen MR) is 66.9 cm³/mol. The molecule has 2 aliphatic rings. The summed E-state index contributed by atoms with van der Waals surface area (Å²) < 4.78 is 5.03. The lowest BCUT2D eigenvalue weighted by Crippen LogP contribution is -2.54. The molecule has 1 fully saturated rings. The highest BCUT2D eigenvalue weighted by molar-refractivity contribution is 5.89. The maximum absolute atomic E-state index is 11.8. The van der Waals surface area contributed by atoms with Crippen LogP contribution in [0.1, 0.15) is 32.1 Å². The van der Waals surface area contributed by atoms with Crippen molar-refractivity contribution in [2.45, 2.75) is 38.1 Å². The first kappa shape index (κ1) is 13.1. The van der Waals surface area contributed by atoms with Gasteiger partial charge in [-0.25, -0.2) is 0 Å². The van der Waals surface area contributed by atoms with Crippen LogP contribution in [0.4, 0.5) is 0 Å². The molecule has 1 atom stereocenters. The van der Waals surface area contributed by atoms with Gasteiger partial charge in [0.15, 0.2) is 0 Å². The van der Waals surface area contributed by atoms with Crippen LogP contribution in [0.3, 0.4) is 0 Å². The van der Waals surface area contributed by atoms with Crippen molar-refractivity contribution in [3.8, 4) is 0 Å². The Hall–Kier alpha value is -1.36. The van der Waals surface area contributed by atoms with Gasteiger partial charge in [-0.1, -0.05) is 11.6 Å². The van der Waals surface area contributed by atoms with E-state index < -0.39 is 6.04 Å². The largest absolute Gasteiger partial charge is 0.369 e. The summed E-state index contributed by atoms with van der Waals surface area (Å²) in [4.78, 5) is 22.8. The number of ether oxygens (including phenoxy) is 1. The summed E-state index contributed by atoms with van der Waals surface area (Å²) in [5.41, 5.74) is 1.44. The fourth-order valence-corrected chi connectivity index (χ4v) is 2.29. The molecule has 0 spiro atoms. The van der Waals surface area contributed by atoms with Crippen LogP contribution in [0.2, 0.25) is 0 Å². The molecule has 1 saturated heterocycles. The topological polar surface area (TPSA) is 67.4 Å². The van der Waals surface area contributed by atoms with Crippen LogP contribution in [0.15, 0.2) is 11.6 Å². The van der Waals surface area contributed by atoms with Gasteiger partial charge in [0, 0.05) is 6.54 Å². The molecule has 5 heteroatoms. The standard InChI is InChI=1S/C13H20N2O3/c16-12-9-18-8-11(15-12)13(17)14-7-6-10-4-2-1-3-5-10/h4,11H,1-3,5-9H2,(H,14,17)(H,15,16).